The number of aromatic amines is 1. The predicted octanol–water partition coefficient (Wildman–Crippen LogP) is 3.11. The zero-order valence-electron chi connectivity index (χ0n) is 11.6. The molecule has 1 amide bonds. The van der Waals surface area contributed by atoms with Crippen molar-refractivity contribution >= 4 is 16.8 Å². The Hall–Kier alpha value is -2.23. The molecule has 1 heterocycles. The van der Waals surface area contributed by atoms with Crippen LogP contribution in [-0.4, -0.2) is 10.9 Å². The van der Waals surface area contributed by atoms with Gasteiger partial charge in [0.25, 0.3) is 5.91 Å². The molecule has 4 heteroatoms. The fourth-order valence-corrected chi connectivity index (χ4v) is 2.69. The molecule has 1 aromatic heterocycles. The maximum atomic E-state index is 12.2. The summed E-state index contributed by atoms with van der Waals surface area (Å²) in [4.78, 5) is 15.3. The minimum atomic E-state index is -0.110. The van der Waals surface area contributed by atoms with Crippen LogP contribution < -0.4 is 10.9 Å². The third kappa shape index (κ3) is 2.54. The van der Waals surface area contributed by atoms with Crippen molar-refractivity contribution in [3.8, 4) is 0 Å². The maximum absolute atomic E-state index is 12.2. The highest BCUT2D eigenvalue weighted by Gasteiger charge is 2.13. The molecule has 4 nitrogen and oxygen atoms in total. The summed E-state index contributed by atoms with van der Waals surface area (Å²) in [6, 6.07) is 7.80. The Morgan fingerprint density at radius 2 is 2.20 bits per heavy atom. The summed E-state index contributed by atoms with van der Waals surface area (Å²) in [5.74, 6) is 0.470. The molecule has 0 saturated carbocycles. The average Bonchev–Trinajstić information content (AvgIpc) is 2.89. The number of amides is 1. The summed E-state index contributed by atoms with van der Waals surface area (Å²) in [6.45, 7) is 2.20. The first-order valence-electron chi connectivity index (χ1n) is 7.07. The Bertz CT molecular complexity index is 657. The van der Waals surface area contributed by atoms with Gasteiger partial charge in [-0.1, -0.05) is 31.2 Å². The number of aromatic nitrogens is 1. The van der Waals surface area contributed by atoms with Crippen LogP contribution in [0.3, 0.4) is 0 Å². The molecule has 1 aliphatic carbocycles. The van der Waals surface area contributed by atoms with Gasteiger partial charge in [0, 0.05) is 22.8 Å². The number of benzene rings is 1. The third-order valence-electron chi connectivity index (χ3n) is 3.76. The molecular weight excluding hydrogens is 250 g/mol. The smallest absolute Gasteiger partial charge is 0.271 e. The van der Waals surface area contributed by atoms with Crippen molar-refractivity contribution in [3.05, 3.63) is 47.8 Å². The van der Waals surface area contributed by atoms with Crippen LogP contribution in [0, 0.1) is 5.92 Å². The summed E-state index contributed by atoms with van der Waals surface area (Å²) in [5, 5.41) is 0.942. The lowest BCUT2D eigenvalue weighted by molar-refractivity contribution is 0.0939. The lowest BCUT2D eigenvalue weighted by Crippen LogP contribution is -2.37. The zero-order chi connectivity index (χ0) is 13.9. The van der Waals surface area contributed by atoms with Crippen LogP contribution in [-0.2, 0) is 0 Å². The Kier molecular flexibility index (Phi) is 3.46. The van der Waals surface area contributed by atoms with Crippen molar-refractivity contribution in [2.75, 3.05) is 0 Å². The first-order valence-corrected chi connectivity index (χ1v) is 7.07. The van der Waals surface area contributed by atoms with Crippen LogP contribution in [0.4, 0.5) is 0 Å². The molecule has 0 aliphatic heterocycles. The summed E-state index contributed by atoms with van der Waals surface area (Å²) < 4.78 is 0. The molecule has 20 heavy (non-hydrogen) atoms. The second-order valence-corrected chi connectivity index (χ2v) is 5.39. The number of fused-ring (bicyclic) bond motifs is 1. The normalized spacial score (nSPS) is 18.6. The van der Waals surface area contributed by atoms with E-state index in [1.807, 2.05) is 24.3 Å². The molecule has 3 N–H and O–H groups in total. The quantitative estimate of drug-likeness (QED) is 0.750. The van der Waals surface area contributed by atoms with Gasteiger partial charge in [0.15, 0.2) is 0 Å². The Morgan fingerprint density at radius 3 is 3.05 bits per heavy atom. The van der Waals surface area contributed by atoms with Gasteiger partial charge in [0.2, 0.25) is 0 Å². The van der Waals surface area contributed by atoms with Crippen LogP contribution in [0.1, 0.15) is 36.5 Å². The van der Waals surface area contributed by atoms with Crippen molar-refractivity contribution in [2.24, 2.45) is 5.92 Å². The van der Waals surface area contributed by atoms with Gasteiger partial charge < -0.3 is 10.4 Å². The second-order valence-electron chi connectivity index (χ2n) is 5.39. The maximum Gasteiger partial charge on any atom is 0.271 e. The van der Waals surface area contributed by atoms with Crippen molar-refractivity contribution < 1.29 is 4.79 Å². The molecular formula is C16H19N3O. The van der Waals surface area contributed by atoms with E-state index in [1.54, 1.807) is 6.20 Å². The average molecular weight is 269 g/mol. The number of allylic oxidation sites excluding steroid dienone is 2. The van der Waals surface area contributed by atoms with Crippen LogP contribution >= 0.6 is 0 Å². The molecule has 0 radical (unpaired) electrons. The fourth-order valence-electron chi connectivity index (χ4n) is 2.69. The number of nitrogens with one attached hydrogen (secondary N) is 3. The molecule has 0 bridgehead atoms. The summed E-state index contributed by atoms with van der Waals surface area (Å²) >= 11 is 0. The molecule has 1 aromatic carbocycles. The van der Waals surface area contributed by atoms with Crippen molar-refractivity contribution in [3.63, 3.8) is 0 Å². The van der Waals surface area contributed by atoms with E-state index in [4.69, 9.17) is 0 Å². The van der Waals surface area contributed by atoms with E-state index in [9.17, 15) is 4.79 Å². The lowest BCUT2D eigenvalue weighted by Gasteiger charge is -2.19. The summed E-state index contributed by atoms with van der Waals surface area (Å²) in [5.41, 5.74) is 8.59. The van der Waals surface area contributed by atoms with E-state index in [0.717, 1.165) is 23.0 Å². The molecule has 3 rings (SSSR count). The van der Waals surface area contributed by atoms with E-state index >= 15 is 0 Å². The highest BCUT2D eigenvalue weighted by molar-refractivity contribution is 6.06. The monoisotopic (exact) mass is 269 g/mol. The van der Waals surface area contributed by atoms with E-state index in [0.29, 0.717) is 11.5 Å². The minimum absolute atomic E-state index is 0.110. The van der Waals surface area contributed by atoms with Gasteiger partial charge in [0.05, 0.1) is 5.56 Å². The lowest BCUT2D eigenvalue weighted by atomic mass is 9.96. The van der Waals surface area contributed by atoms with E-state index in [1.165, 1.54) is 12.8 Å². The fraction of sp³-hybridized carbons (Fsp3) is 0.312. The van der Waals surface area contributed by atoms with Crippen molar-refractivity contribution in [1.29, 1.82) is 0 Å². The number of H-pyrrole nitrogens is 1. The largest absolute Gasteiger partial charge is 0.360 e. The van der Waals surface area contributed by atoms with E-state index < -0.39 is 0 Å². The molecule has 104 valence electrons. The second kappa shape index (κ2) is 5.41. The SMILES string of the molecule is C[C@@H]1C=C(NNC(=O)c2c[nH]c3ccccc23)CCC1. The van der Waals surface area contributed by atoms with Crippen molar-refractivity contribution in [2.45, 2.75) is 26.2 Å². The number of hydrogen-bond acceptors (Lipinski definition) is 2. The van der Waals surface area contributed by atoms with E-state index in [2.05, 4.69) is 28.8 Å². The number of hydrazine groups is 1. The molecule has 0 saturated heterocycles. The molecule has 0 fully saturated rings. The number of carbonyl (C=O) groups is 1. The van der Waals surface area contributed by atoms with Gasteiger partial charge in [0.1, 0.15) is 0 Å². The number of para-hydroxylation sites is 1. The number of hydrogen-bond donors (Lipinski definition) is 3. The third-order valence-corrected chi connectivity index (χ3v) is 3.76. The number of carbonyl (C=O) groups excluding carboxylic acids is 1. The van der Waals surface area contributed by atoms with Gasteiger partial charge >= 0.3 is 0 Å². The topological polar surface area (TPSA) is 56.9 Å². The van der Waals surface area contributed by atoms with Crippen LogP contribution in [0.5, 0.6) is 0 Å². The minimum Gasteiger partial charge on any atom is -0.360 e. The molecule has 1 atom stereocenters. The van der Waals surface area contributed by atoms with Gasteiger partial charge in [-0.05, 0) is 31.2 Å². The summed E-state index contributed by atoms with van der Waals surface area (Å²) in [7, 11) is 0. The van der Waals surface area contributed by atoms with Crippen LogP contribution in [0.15, 0.2) is 42.2 Å². The molecule has 0 unspecified atom stereocenters. The Morgan fingerprint density at radius 1 is 1.35 bits per heavy atom. The zero-order valence-corrected chi connectivity index (χ0v) is 11.6. The Balaban J connectivity index is 1.70. The highest BCUT2D eigenvalue weighted by atomic mass is 16.2. The standard InChI is InChI=1S/C16H19N3O/c1-11-5-4-6-12(9-11)18-19-16(20)14-10-17-15-8-3-2-7-13(14)15/h2-3,7-11,17-18H,4-6H2,1H3,(H,19,20)/t11-/m0/s1. The molecule has 1 aliphatic rings. The predicted molar refractivity (Wildman–Crippen MR) is 80.0 cm³/mol. The summed E-state index contributed by atoms with van der Waals surface area (Å²) in [6.07, 6.45) is 7.33. The first-order chi connectivity index (χ1) is 9.74. The van der Waals surface area contributed by atoms with Crippen LogP contribution in [0.2, 0.25) is 0 Å². The first kappa shape index (κ1) is 12.8. The van der Waals surface area contributed by atoms with Crippen molar-refractivity contribution in [1.82, 2.24) is 15.8 Å². The van der Waals surface area contributed by atoms with Gasteiger partial charge in [-0.2, -0.15) is 0 Å². The van der Waals surface area contributed by atoms with Crippen LogP contribution in [0.25, 0.3) is 10.9 Å². The Labute approximate surface area is 118 Å². The van der Waals surface area contributed by atoms with E-state index in [-0.39, 0.29) is 5.91 Å². The number of rotatable bonds is 3. The van der Waals surface area contributed by atoms with Gasteiger partial charge in [-0.25, -0.2) is 0 Å². The molecule has 0 spiro atoms. The van der Waals surface area contributed by atoms with Gasteiger partial charge in [-0.15, -0.1) is 0 Å². The highest BCUT2D eigenvalue weighted by Crippen LogP contribution is 2.20. The molecule has 2 aromatic rings. The van der Waals surface area contributed by atoms with Gasteiger partial charge in [-0.3, -0.25) is 10.2 Å².